The highest BCUT2D eigenvalue weighted by Gasteiger charge is 2.39. The van der Waals surface area contributed by atoms with Crippen molar-refractivity contribution < 1.29 is 16.1 Å². The molecule has 0 radical (unpaired) electrons. The summed E-state index contributed by atoms with van der Waals surface area (Å²) in [6.07, 6.45) is 10.8. The summed E-state index contributed by atoms with van der Waals surface area (Å²) < 4.78 is 28.4. The molecule has 1 aliphatic heterocycles. The second kappa shape index (κ2) is 10.5. The molecule has 2 aromatic heterocycles. The molecule has 35 heavy (non-hydrogen) atoms. The van der Waals surface area contributed by atoms with Gasteiger partial charge in [-0.05, 0) is 63.3 Å². The summed E-state index contributed by atoms with van der Waals surface area (Å²) in [5.41, 5.74) is 0.0577. The summed E-state index contributed by atoms with van der Waals surface area (Å²) in [4.78, 5) is 24.1. The predicted octanol–water partition coefficient (Wildman–Crippen LogP) is 5.24. The lowest BCUT2D eigenvalue weighted by molar-refractivity contribution is 0.0981. The van der Waals surface area contributed by atoms with Gasteiger partial charge < -0.3 is 10.2 Å². The molecule has 2 N–H and O–H groups in total. The molecular formula is C26H41N5O3S. The first-order valence-corrected chi connectivity index (χ1v) is 14.2. The van der Waals surface area contributed by atoms with Gasteiger partial charge in [0.2, 0.25) is 0 Å². The molecule has 2 aromatic rings. The number of anilines is 2. The van der Waals surface area contributed by atoms with Crippen molar-refractivity contribution in [3.05, 3.63) is 42.1 Å². The third-order valence-electron chi connectivity index (χ3n) is 7.04. The molecule has 1 saturated carbocycles. The van der Waals surface area contributed by atoms with Crippen LogP contribution in [0.2, 0.25) is 0 Å². The Morgan fingerprint density at radius 2 is 1.80 bits per heavy atom. The van der Waals surface area contributed by atoms with E-state index in [1.807, 2.05) is 0 Å². The van der Waals surface area contributed by atoms with Gasteiger partial charge in [-0.1, -0.05) is 45.1 Å². The molecule has 0 aromatic carbocycles. The van der Waals surface area contributed by atoms with Gasteiger partial charge in [-0.15, -0.1) is 0 Å². The minimum Gasteiger partial charge on any atom is -0.367 e. The van der Waals surface area contributed by atoms with E-state index in [1.54, 1.807) is 30.5 Å². The Hall–Kier alpha value is -2.68. The zero-order chi connectivity index (χ0) is 25.1. The van der Waals surface area contributed by atoms with Crippen LogP contribution in [0.3, 0.4) is 0 Å². The Bertz CT molecular complexity index is 1150. The first-order valence-electron chi connectivity index (χ1n) is 12.7. The molecule has 0 bridgehead atoms. The highest BCUT2D eigenvalue weighted by Crippen LogP contribution is 2.37. The first-order chi connectivity index (χ1) is 16.7. The van der Waals surface area contributed by atoms with E-state index < -0.39 is 15.9 Å². The average molecular weight is 504 g/mol. The van der Waals surface area contributed by atoms with Crippen molar-refractivity contribution in [1.82, 2.24) is 14.7 Å². The van der Waals surface area contributed by atoms with Crippen LogP contribution in [0.5, 0.6) is 0 Å². The lowest BCUT2D eigenvalue weighted by Crippen LogP contribution is -2.41. The van der Waals surface area contributed by atoms with Gasteiger partial charge in [0.25, 0.3) is 15.9 Å². The van der Waals surface area contributed by atoms with Crippen molar-refractivity contribution in [2.45, 2.75) is 88.7 Å². The van der Waals surface area contributed by atoms with Gasteiger partial charge in [0, 0.05) is 27.2 Å². The first kappa shape index (κ1) is 25.4. The fourth-order valence-corrected chi connectivity index (χ4v) is 6.37. The third-order valence-corrected chi connectivity index (χ3v) is 8.28. The van der Waals surface area contributed by atoms with E-state index in [0.29, 0.717) is 17.6 Å². The Kier molecular flexibility index (Phi) is 7.64. The molecule has 2 aliphatic rings. The molecule has 1 saturated heterocycles. The van der Waals surface area contributed by atoms with Gasteiger partial charge in [-0.2, -0.15) is 8.42 Å². The van der Waals surface area contributed by atoms with Gasteiger partial charge in [0.15, 0.2) is 5.03 Å². The zero-order valence-electron chi connectivity index (χ0n) is 21.0. The number of aromatic nitrogens is 2. The van der Waals surface area contributed by atoms with Crippen LogP contribution in [0.25, 0.3) is 0 Å². The van der Waals surface area contributed by atoms with E-state index in [1.165, 1.54) is 25.3 Å². The van der Waals surface area contributed by atoms with Crippen LogP contribution >= 0.6 is 0 Å². The van der Waals surface area contributed by atoms with Gasteiger partial charge in [-0.25, -0.2) is 14.7 Å². The highest BCUT2D eigenvalue weighted by molar-refractivity contribution is 7.90. The van der Waals surface area contributed by atoms with E-state index in [2.05, 4.69) is 45.7 Å². The van der Waals surface area contributed by atoms with Crippen LogP contribution in [0.1, 0.15) is 85.3 Å². The SMILES string of the molecule is CC1CN(c2ncccc2C(=O)NS(=O)(=O)c2cccc(NC3CCCCCCC3)n2)C(C)(C)C1.[HH].[HH]. The third kappa shape index (κ3) is 6.12. The molecule has 0 spiro atoms. The summed E-state index contributed by atoms with van der Waals surface area (Å²) >= 11 is 0. The van der Waals surface area contributed by atoms with Gasteiger partial charge in [-0.3, -0.25) is 4.79 Å². The summed E-state index contributed by atoms with van der Waals surface area (Å²) in [5.74, 6) is 0.760. The van der Waals surface area contributed by atoms with Crippen molar-refractivity contribution in [2.75, 3.05) is 16.8 Å². The molecule has 8 nitrogen and oxygen atoms in total. The van der Waals surface area contributed by atoms with E-state index in [-0.39, 0.29) is 25.0 Å². The molecule has 4 rings (SSSR count). The van der Waals surface area contributed by atoms with E-state index in [4.69, 9.17) is 0 Å². The Labute approximate surface area is 212 Å². The van der Waals surface area contributed by atoms with Crippen molar-refractivity contribution >= 4 is 27.6 Å². The number of nitrogens with one attached hydrogen (secondary N) is 2. The smallest absolute Gasteiger partial charge is 0.281 e. The molecule has 3 heterocycles. The maximum Gasteiger partial charge on any atom is 0.281 e. The van der Waals surface area contributed by atoms with Crippen LogP contribution in [-0.4, -0.2) is 42.4 Å². The maximum atomic E-state index is 13.2. The molecule has 1 unspecified atom stereocenters. The normalized spacial score (nSPS) is 21.2. The van der Waals surface area contributed by atoms with Crippen molar-refractivity contribution in [1.29, 1.82) is 0 Å². The van der Waals surface area contributed by atoms with Gasteiger partial charge in [0.05, 0.1) is 5.56 Å². The molecule has 1 atom stereocenters. The number of nitrogens with zero attached hydrogens (tertiary/aromatic N) is 3. The molecule has 194 valence electrons. The Morgan fingerprint density at radius 1 is 1.09 bits per heavy atom. The van der Waals surface area contributed by atoms with Crippen LogP contribution in [0.4, 0.5) is 11.6 Å². The standard InChI is InChI=1S/C26H37N5O3S.2H2/c1-19-17-26(2,3)31(18-19)24-21(13-10-16-27-24)25(32)30-35(33,34)23-15-9-14-22(29-23)28-20-11-7-5-4-6-8-12-20;;/h9-10,13-16,19-20H,4-8,11-12,17-18H2,1-3H3,(H,28,29)(H,30,32);2*1H. The Balaban J connectivity index is 0.00000241. The molecular weight excluding hydrogens is 462 g/mol. The predicted molar refractivity (Wildman–Crippen MR) is 142 cm³/mol. The topological polar surface area (TPSA) is 104 Å². The molecule has 9 heteroatoms. The molecule has 1 aliphatic carbocycles. The number of hydrogen-bond donors (Lipinski definition) is 2. The number of hydrogen-bond acceptors (Lipinski definition) is 7. The zero-order valence-corrected chi connectivity index (χ0v) is 21.8. The average Bonchev–Trinajstić information content (AvgIpc) is 3.07. The minimum absolute atomic E-state index is 0. The fraction of sp³-hybridized carbons (Fsp3) is 0.577. The quantitative estimate of drug-likeness (QED) is 0.556. The second-order valence-corrected chi connectivity index (χ2v) is 12.2. The van der Waals surface area contributed by atoms with E-state index >= 15 is 0 Å². The summed E-state index contributed by atoms with van der Waals surface area (Å²) in [7, 11) is -4.16. The Morgan fingerprint density at radius 3 is 2.49 bits per heavy atom. The monoisotopic (exact) mass is 503 g/mol. The number of sulfonamides is 1. The number of amides is 1. The van der Waals surface area contributed by atoms with E-state index in [0.717, 1.165) is 38.6 Å². The second-order valence-electron chi connectivity index (χ2n) is 10.6. The van der Waals surface area contributed by atoms with E-state index in [9.17, 15) is 13.2 Å². The van der Waals surface area contributed by atoms with Crippen LogP contribution in [0, 0.1) is 5.92 Å². The van der Waals surface area contributed by atoms with Crippen LogP contribution in [0.15, 0.2) is 41.6 Å². The van der Waals surface area contributed by atoms with Crippen molar-refractivity contribution in [3.63, 3.8) is 0 Å². The van der Waals surface area contributed by atoms with Gasteiger partial charge >= 0.3 is 0 Å². The molecule has 1 amide bonds. The van der Waals surface area contributed by atoms with Gasteiger partial charge in [0.1, 0.15) is 11.6 Å². The number of rotatable bonds is 6. The lowest BCUT2D eigenvalue weighted by Gasteiger charge is -2.33. The lowest BCUT2D eigenvalue weighted by atomic mass is 9.97. The van der Waals surface area contributed by atoms with Crippen molar-refractivity contribution in [3.8, 4) is 0 Å². The maximum absolute atomic E-state index is 13.2. The van der Waals surface area contributed by atoms with Crippen molar-refractivity contribution in [2.24, 2.45) is 5.92 Å². The summed E-state index contributed by atoms with van der Waals surface area (Å²) in [6.45, 7) is 7.15. The number of pyridine rings is 2. The highest BCUT2D eigenvalue weighted by atomic mass is 32.2. The number of carbonyl (C=O) groups is 1. The summed E-state index contributed by atoms with van der Waals surface area (Å²) in [6, 6.07) is 8.38. The fourth-order valence-electron chi connectivity index (χ4n) is 5.43. The summed E-state index contributed by atoms with van der Waals surface area (Å²) in [5, 5.41) is 3.22. The largest absolute Gasteiger partial charge is 0.367 e. The molecule has 2 fully saturated rings. The van der Waals surface area contributed by atoms with Crippen LogP contribution in [-0.2, 0) is 10.0 Å². The van der Waals surface area contributed by atoms with Crippen LogP contribution < -0.4 is 14.9 Å². The minimum atomic E-state index is -4.16. The number of carbonyl (C=O) groups excluding carboxylic acids is 1.